The first-order valence-corrected chi connectivity index (χ1v) is 7.20. The Morgan fingerprint density at radius 3 is 2.54 bits per heavy atom. The smallest absolute Gasteiger partial charge is 0.375 e. The highest BCUT2D eigenvalue weighted by Gasteiger charge is 2.35. The second-order valence-electron chi connectivity index (χ2n) is 5.35. The van der Waals surface area contributed by atoms with Gasteiger partial charge in [0, 0.05) is 24.1 Å². The molecular formula is C16H13NO7. The summed E-state index contributed by atoms with van der Waals surface area (Å²) in [4.78, 5) is 33.6. The number of nitro groups is 1. The fraction of sp³-hybridized carbons (Fsp3) is 0.250. The molecule has 0 amide bonds. The number of benzene rings is 1. The monoisotopic (exact) mass is 331 g/mol. The van der Waals surface area contributed by atoms with Gasteiger partial charge in [0.25, 0.3) is 5.69 Å². The van der Waals surface area contributed by atoms with Gasteiger partial charge >= 0.3 is 11.9 Å². The molecule has 3 rings (SSSR count). The lowest BCUT2D eigenvalue weighted by atomic mass is 10.1. The van der Waals surface area contributed by atoms with Crippen molar-refractivity contribution in [2.75, 3.05) is 0 Å². The number of carbonyl (C=O) groups is 2. The fourth-order valence-corrected chi connectivity index (χ4v) is 2.35. The van der Waals surface area contributed by atoms with E-state index in [4.69, 9.17) is 13.9 Å². The highest BCUT2D eigenvalue weighted by molar-refractivity contribution is 5.90. The Balaban J connectivity index is 1.72. The van der Waals surface area contributed by atoms with Crippen molar-refractivity contribution in [2.45, 2.75) is 25.6 Å². The van der Waals surface area contributed by atoms with E-state index in [1.54, 1.807) is 13.0 Å². The topological polar surface area (TPSA) is 109 Å². The van der Waals surface area contributed by atoms with Crippen LogP contribution in [0.4, 0.5) is 5.69 Å². The molecule has 1 aliphatic heterocycles. The highest BCUT2D eigenvalue weighted by Crippen LogP contribution is 2.26. The molecule has 2 aromatic rings. The molecular weight excluding hydrogens is 318 g/mol. The summed E-state index contributed by atoms with van der Waals surface area (Å²) in [7, 11) is 0. The summed E-state index contributed by atoms with van der Waals surface area (Å²) in [5.41, 5.74) is 0.535. The molecule has 124 valence electrons. The summed E-state index contributed by atoms with van der Waals surface area (Å²) in [6.07, 6.45) is -0.913. The Morgan fingerprint density at radius 1 is 1.25 bits per heavy atom. The molecule has 0 unspecified atom stereocenters. The standard InChI is InChI=1S/C16H13NO7/c1-9-8-14(16(19)22-9)24-15(18)13-7-6-12(23-13)10-2-4-11(5-3-10)17(20)21/h2-7,9,14H,8H2,1H3/t9-,14+/m0/s1. The Hall–Kier alpha value is -3.16. The number of non-ortho nitro benzene ring substituents is 1. The van der Waals surface area contributed by atoms with Crippen LogP contribution in [-0.4, -0.2) is 29.1 Å². The first-order chi connectivity index (χ1) is 11.4. The van der Waals surface area contributed by atoms with E-state index in [0.29, 0.717) is 17.7 Å². The summed E-state index contributed by atoms with van der Waals surface area (Å²) < 4.78 is 15.4. The molecule has 8 heteroatoms. The Kier molecular flexibility index (Phi) is 4.03. The van der Waals surface area contributed by atoms with Crippen molar-refractivity contribution in [1.82, 2.24) is 0 Å². The third-order valence-corrected chi connectivity index (χ3v) is 3.55. The van der Waals surface area contributed by atoms with Crippen LogP contribution in [0.3, 0.4) is 0 Å². The molecule has 0 bridgehead atoms. The second kappa shape index (κ2) is 6.15. The van der Waals surface area contributed by atoms with Gasteiger partial charge in [0.15, 0.2) is 0 Å². The van der Waals surface area contributed by atoms with E-state index in [9.17, 15) is 19.7 Å². The summed E-state index contributed by atoms with van der Waals surface area (Å²) in [6.45, 7) is 1.71. The average molecular weight is 331 g/mol. The van der Waals surface area contributed by atoms with Gasteiger partial charge in [0.05, 0.1) is 4.92 Å². The lowest BCUT2D eigenvalue weighted by molar-refractivity contribution is -0.384. The zero-order valence-corrected chi connectivity index (χ0v) is 12.6. The maximum absolute atomic E-state index is 12.0. The van der Waals surface area contributed by atoms with Crippen LogP contribution in [-0.2, 0) is 14.3 Å². The van der Waals surface area contributed by atoms with Crippen molar-refractivity contribution in [3.05, 3.63) is 52.3 Å². The predicted molar refractivity (Wildman–Crippen MR) is 80.2 cm³/mol. The largest absolute Gasteiger partial charge is 0.460 e. The van der Waals surface area contributed by atoms with Gasteiger partial charge in [-0.15, -0.1) is 0 Å². The number of hydrogen-bond acceptors (Lipinski definition) is 7. The summed E-state index contributed by atoms with van der Waals surface area (Å²) in [5, 5.41) is 10.6. The molecule has 0 aliphatic carbocycles. The van der Waals surface area contributed by atoms with E-state index in [0.717, 1.165) is 0 Å². The number of furan rings is 1. The fourth-order valence-electron chi connectivity index (χ4n) is 2.35. The molecule has 1 fully saturated rings. The zero-order chi connectivity index (χ0) is 17.3. The molecule has 1 aromatic heterocycles. The van der Waals surface area contributed by atoms with E-state index in [2.05, 4.69) is 0 Å². The normalized spacial score (nSPS) is 19.8. The average Bonchev–Trinajstić information content (AvgIpc) is 3.15. The van der Waals surface area contributed by atoms with Crippen LogP contribution < -0.4 is 0 Å². The molecule has 0 N–H and O–H groups in total. The van der Waals surface area contributed by atoms with Crippen molar-refractivity contribution in [1.29, 1.82) is 0 Å². The second-order valence-corrected chi connectivity index (χ2v) is 5.35. The molecule has 2 atom stereocenters. The lowest BCUT2D eigenvalue weighted by Crippen LogP contribution is -2.22. The lowest BCUT2D eigenvalue weighted by Gasteiger charge is -2.06. The van der Waals surface area contributed by atoms with Gasteiger partial charge < -0.3 is 13.9 Å². The third-order valence-electron chi connectivity index (χ3n) is 3.55. The SMILES string of the molecule is C[C@H]1C[C@@H](OC(=O)c2ccc(-c3ccc([N+](=O)[O-])cc3)o2)C(=O)O1. The van der Waals surface area contributed by atoms with Gasteiger partial charge in [-0.05, 0) is 31.2 Å². The zero-order valence-electron chi connectivity index (χ0n) is 12.6. The first kappa shape index (κ1) is 15.7. The van der Waals surface area contributed by atoms with Gasteiger partial charge in [-0.25, -0.2) is 9.59 Å². The van der Waals surface area contributed by atoms with Gasteiger partial charge in [-0.2, -0.15) is 0 Å². The number of rotatable bonds is 4. The molecule has 0 spiro atoms. The van der Waals surface area contributed by atoms with Crippen molar-refractivity contribution in [2.24, 2.45) is 0 Å². The molecule has 1 aliphatic rings. The maximum Gasteiger partial charge on any atom is 0.375 e. The molecule has 0 radical (unpaired) electrons. The number of hydrogen-bond donors (Lipinski definition) is 0. The molecule has 1 aromatic carbocycles. The number of carbonyl (C=O) groups excluding carboxylic acids is 2. The molecule has 2 heterocycles. The van der Waals surface area contributed by atoms with E-state index >= 15 is 0 Å². The highest BCUT2D eigenvalue weighted by atomic mass is 16.6. The molecule has 24 heavy (non-hydrogen) atoms. The van der Waals surface area contributed by atoms with E-state index < -0.39 is 23.0 Å². The van der Waals surface area contributed by atoms with Crippen molar-refractivity contribution in [3.8, 4) is 11.3 Å². The van der Waals surface area contributed by atoms with Gasteiger partial charge in [-0.1, -0.05) is 0 Å². The summed E-state index contributed by atoms with van der Waals surface area (Å²) >= 11 is 0. The van der Waals surface area contributed by atoms with Gasteiger partial charge in [0.1, 0.15) is 11.9 Å². The van der Waals surface area contributed by atoms with Gasteiger partial charge in [0.2, 0.25) is 11.9 Å². The molecule has 0 saturated carbocycles. The quantitative estimate of drug-likeness (QED) is 0.481. The van der Waals surface area contributed by atoms with Crippen LogP contribution in [0.1, 0.15) is 23.9 Å². The predicted octanol–water partition coefficient (Wildman–Crippen LogP) is 2.72. The minimum atomic E-state index is -0.930. The van der Waals surface area contributed by atoms with Crippen LogP contribution in [0.5, 0.6) is 0 Å². The summed E-state index contributed by atoms with van der Waals surface area (Å²) in [6, 6.07) is 8.68. The Labute approximate surface area is 136 Å². The number of esters is 2. The Morgan fingerprint density at radius 2 is 1.96 bits per heavy atom. The number of cyclic esters (lactones) is 1. The molecule has 8 nitrogen and oxygen atoms in total. The minimum Gasteiger partial charge on any atom is -0.460 e. The summed E-state index contributed by atoms with van der Waals surface area (Å²) in [5.74, 6) is -1.04. The van der Waals surface area contributed by atoms with Crippen LogP contribution in [0.15, 0.2) is 40.8 Å². The van der Waals surface area contributed by atoms with Crippen molar-refractivity contribution in [3.63, 3.8) is 0 Å². The van der Waals surface area contributed by atoms with E-state index in [1.807, 2.05) is 0 Å². The number of nitrogens with zero attached hydrogens (tertiary/aromatic N) is 1. The van der Waals surface area contributed by atoms with E-state index in [-0.39, 0.29) is 17.6 Å². The first-order valence-electron chi connectivity index (χ1n) is 7.20. The van der Waals surface area contributed by atoms with Crippen molar-refractivity contribution < 1.29 is 28.4 Å². The van der Waals surface area contributed by atoms with Crippen LogP contribution in [0.25, 0.3) is 11.3 Å². The Bertz CT molecular complexity index is 793. The van der Waals surface area contributed by atoms with Crippen LogP contribution in [0.2, 0.25) is 0 Å². The number of nitro benzene ring substituents is 1. The minimum absolute atomic E-state index is 0.0428. The van der Waals surface area contributed by atoms with Crippen molar-refractivity contribution >= 4 is 17.6 Å². The third kappa shape index (κ3) is 3.12. The van der Waals surface area contributed by atoms with Crippen LogP contribution >= 0.6 is 0 Å². The maximum atomic E-state index is 12.0. The molecule has 1 saturated heterocycles. The van der Waals surface area contributed by atoms with Crippen LogP contribution in [0, 0.1) is 10.1 Å². The van der Waals surface area contributed by atoms with Gasteiger partial charge in [-0.3, -0.25) is 10.1 Å². The van der Waals surface area contributed by atoms with E-state index in [1.165, 1.54) is 30.3 Å². The number of ether oxygens (including phenoxy) is 2.